The summed E-state index contributed by atoms with van der Waals surface area (Å²) < 4.78 is 0. The van der Waals surface area contributed by atoms with Gasteiger partial charge in [0.05, 0.1) is 10.7 Å². The molecule has 1 aliphatic heterocycles. The molecule has 1 aliphatic carbocycles. The Morgan fingerprint density at radius 3 is 2.80 bits per heavy atom. The molecule has 4 N–H and O–H groups in total. The molecule has 1 atom stereocenters. The van der Waals surface area contributed by atoms with Crippen LogP contribution in [-0.2, 0) is 6.42 Å². The monoisotopic (exact) mass is 487 g/mol. The summed E-state index contributed by atoms with van der Waals surface area (Å²) >= 11 is 6.23. The van der Waals surface area contributed by atoms with E-state index in [1.54, 1.807) is 12.3 Å². The molecule has 2 aliphatic rings. The molecular weight excluding hydrogens is 462 g/mol. The number of aromatic nitrogens is 5. The summed E-state index contributed by atoms with van der Waals surface area (Å²) in [6.45, 7) is 7.50. The van der Waals surface area contributed by atoms with E-state index < -0.39 is 0 Å². The number of pyridine rings is 1. The number of aromatic amines is 2. The minimum atomic E-state index is -0.258. The van der Waals surface area contributed by atoms with Crippen LogP contribution in [-0.4, -0.2) is 38.2 Å². The van der Waals surface area contributed by atoms with Crippen molar-refractivity contribution in [2.45, 2.75) is 32.2 Å². The number of aryl methyl sites for hydroxylation is 1. The van der Waals surface area contributed by atoms with Crippen molar-refractivity contribution in [2.24, 2.45) is 11.1 Å². The summed E-state index contributed by atoms with van der Waals surface area (Å²) in [7, 11) is 0. The van der Waals surface area contributed by atoms with Crippen molar-refractivity contribution in [3.63, 3.8) is 0 Å². The van der Waals surface area contributed by atoms with Crippen LogP contribution in [0.5, 0.6) is 0 Å². The molecule has 4 aromatic rings. The molecule has 1 fully saturated rings. The van der Waals surface area contributed by atoms with Crippen LogP contribution >= 0.6 is 11.6 Å². The number of benzene rings is 1. The summed E-state index contributed by atoms with van der Waals surface area (Å²) in [5.41, 5.74) is 12.0. The van der Waals surface area contributed by atoms with Gasteiger partial charge in [0.1, 0.15) is 11.1 Å². The zero-order valence-corrected chi connectivity index (χ0v) is 20.2. The summed E-state index contributed by atoms with van der Waals surface area (Å²) in [6, 6.07) is 10.3. The Morgan fingerprint density at radius 2 is 2.06 bits per heavy atom. The van der Waals surface area contributed by atoms with Gasteiger partial charge in [-0.3, -0.25) is 19.9 Å². The average molecular weight is 488 g/mol. The lowest BCUT2D eigenvalue weighted by Crippen LogP contribution is -2.45. The summed E-state index contributed by atoms with van der Waals surface area (Å²) in [5, 5.41) is 8.16. The molecule has 6 rings (SSSR count). The van der Waals surface area contributed by atoms with Gasteiger partial charge in [-0.15, -0.1) is 0 Å². The van der Waals surface area contributed by atoms with Crippen molar-refractivity contribution < 1.29 is 0 Å². The lowest BCUT2D eigenvalue weighted by atomic mass is 9.73. The van der Waals surface area contributed by atoms with Crippen LogP contribution in [0.25, 0.3) is 16.6 Å². The second kappa shape index (κ2) is 8.03. The predicted molar refractivity (Wildman–Crippen MR) is 138 cm³/mol. The molecule has 0 unspecified atom stereocenters. The van der Waals surface area contributed by atoms with Crippen LogP contribution in [0.4, 0.5) is 5.95 Å². The molecule has 4 heterocycles. The molecular formula is C26H26ClN7O. The Balaban J connectivity index is 1.26. The van der Waals surface area contributed by atoms with Gasteiger partial charge >= 0.3 is 0 Å². The number of H-pyrrole nitrogens is 2. The number of hydrogen-bond donors (Lipinski definition) is 3. The number of hydrogen-bond acceptors (Lipinski definition) is 6. The number of anilines is 1. The zero-order valence-electron chi connectivity index (χ0n) is 19.4. The fourth-order valence-corrected chi connectivity index (χ4v) is 5.74. The van der Waals surface area contributed by atoms with Crippen molar-refractivity contribution in [3.8, 4) is 0 Å². The highest BCUT2D eigenvalue weighted by atomic mass is 35.5. The fraction of sp³-hybridized carbons (Fsp3) is 0.308. The lowest BCUT2D eigenvalue weighted by molar-refractivity contribution is 0.187. The van der Waals surface area contributed by atoms with Gasteiger partial charge < -0.3 is 10.6 Å². The number of rotatable bonds is 3. The second-order valence-corrected chi connectivity index (χ2v) is 10.1. The van der Waals surface area contributed by atoms with E-state index in [0.29, 0.717) is 38.8 Å². The van der Waals surface area contributed by atoms with Gasteiger partial charge in [-0.1, -0.05) is 42.4 Å². The molecule has 1 saturated heterocycles. The standard InChI is InChI=1S/C26H26ClN7O/c1-14(17-11-19(27)15(2)29-13-17)21-20-23(33-32-21)30-25(31-24(20)35)34-9-7-26(8-10-34)12-16-5-3-4-6-18(16)22(26)28/h3-6,11,13,22H,1,7-10,12,28H2,2H3,(H2,30,31,32,33,35)/t22-/m1/s1. The highest BCUT2D eigenvalue weighted by Crippen LogP contribution is 2.50. The van der Waals surface area contributed by atoms with Crippen molar-refractivity contribution in [1.82, 2.24) is 25.1 Å². The van der Waals surface area contributed by atoms with Crippen LogP contribution < -0.4 is 16.2 Å². The van der Waals surface area contributed by atoms with Gasteiger partial charge in [-0.2, -0.15) is 10.1 Å². The first-order chi connectivity index (χ1) is 16.9. The number of nitrogens with one attached hydrogen (secondary N) is 2. The van der Waals surface area contributed by atoms with Crippen molar-refractivity contribution in [2.75, 3.05) is 18.0 Å². The second-order valence-electron chi connectivity index (χ2n) is 9.66. The van der Waals surface area contributed by atoms with Gasteiger partial charge in [0.25, 0.3) is 5.56 Å². The summed E-state index contributed by atoms with van der Waals surface area (Å²) in [6.07, 6.45) is 4.56. The van der Waals surface area contributed by atoms with Crippen LogP contribution in [0.15, 0.2) is 47.9 Å². The number of fused-ring (bicyclic) bond motifs is 2. The zero-order chi connectivity index (χ0) is 24.3. The Labute approximate surface area is 207 Å². The number of halogens is 1. The van der Waals surface area contributed by atoms with E-state index in [-0.39, 0.29) is 17.0 Å². The van der Waals surface area contributed by atoms with E-state index in [0.717, 1.165) is 38.0 Å². The normalized spacial score (nSPS) is 18.8. The third kappa shape index (κ3) is 3.47. The largest absolute Gasteiger partial charge is 0.342 e. The molecule has 0 amide bonds. The number of nitrogens with zero attached hydrogens (tertiary/aromatic N) is 4. The van der Waals surface area contributed by atoms with E-state index in [4.69, 9.17) is 22.3 Å². The molecule has 0 saturated carbocycles. The Bertz CT molecular complexity index is 1530. The van der Waals surface area contributed by atoms with Crippen LogP contribution in [0.3, 0.4) is 0 Å². The molecule has 3 aromatic heterocycles. The van der Waals surface area contributed by atoms with Crippen LogP contribution in [0, 0.1) is 12.3 Å². The van der Waals surface area contributed by atoms with E-state index in [9.17, 15) is 4.79 Å². The van der Waals surface area contributed by atoms with Gasteiger partial charge in [-0.05, 0) is 48.8 Å². The molecule has 1 spiro atoms. The fourth-order valence-electron chi connectivity index (χ4n) is 5.57. The molecule has 8 nitrogen and oxygen atoms in total. The average Bonchev–Trinajstić information content (AvgIpc) is 3.41. The Hall–Kier alpha value is -3.49. The molecule has 0 radical (unpaired) electrons. The molecule has 1 aromatic carbocycles. The minimum Gasteiger partial charge on any atom is -0.342 e. The van der Waals surface area contributed by atoms with Crippen LogP contribution in [0.2, 0.25) is 5.02 Å². The minimum absolute atomic E-state index is 0.0429. The lowest BCUT2D eigenvalue weighted by Gasteiger charge is -2.42. The van der Waals surface area contributed by atoms with E-state index in [2.05, 4.69) is 55.9 Å². The SMILES string of the molecule is C=C(c1cnc(C)c(Cl)c1)c1n[nH]c2nc(N3CCC4(CC3)Cc3ccccc3[C@H]4N)[nH]c(=O)c12. The topological polar surface area (TPSA) is 117 Å². The third-order valence-corrected chi connectivity index (χ3v) is 8.11. The summed E-state index contributed by atoms with van der Waals surface area (Å²) in [4.78, 5) is 27.2. The first-order valence-electron chi connectivity index (χ1n) is 11.7. The third-order valence-electron chi connectivity index (χ3n) is 7.73. The smallest absolute Gasteiger partial charge is 0.264 e. The van der Waals surface area contributed by atoms with Gasteiger partial charge in [-0.25, -0.2) is 0 Å². The maximum Gasteiger partial charge on any atom is 0.264 e. The van der Waals surface area contributed by atoms with E-state index in [1.807, 2.05) is 6.92 Å². The maximum absolute atomic E-state index is 13.1. The van der Waals surface area contributed by atoms with Crippen LogP contribution in [0.1, 0.15) is 47.0 Å². The molecule has 35 heavy (non-hydrogen) atoms. The number of piperidine rings is 1. The maximum atomic E-state index is 13.1. The highest BCUT2D eigenvalue weighted by Gasteiger charge is 2.46. The first kappa shape index (κ1) is 22.0. The number of nitrogens with two attached hydrogens (primary N) is 1. The highest BCUT2D eigenvalue weighted by molar-refractivity contribution is 6.31. The van der Waals surface area contributed by atoms with Crippen molar-refractivity contribution in [3.05, 3.63) is 86.6 Å². The van der Waals surface area contributed by atoms with Gasteiger partial charge in [0.2, 0.25) is 5.95 Å². The van der Waals surface area contributed by atoms with Crippen molar-refractivity contribution >= 4 is 34.2 Å². The molecule has 9 heteroatoms. The van der Waals surface area contributed by atoms with E-state index in [1.165, 1.54) is 11.1 Å². The Morgan fingerprint density at radius 1 is 1.29 bits per heavy atom. The summed E-state index contributed by atoms with van der Waals surface area (Å²) in [5.74, 6) is 0.544. The predicted octanol–water partition coefficient (Wildman–Crippen LogP) is 3.91. The quantitative estimate of drug-likeness (QED) is 0.403. The Kier molecular flexibility index (Phi) is 5.05. The van der Waals surface area contributed by atoms with E-state index >= 15 is 0 Å². The van der Waals surface area contributed by atoms with Gasteiger partial charge in [0.15, 0.2) is 5.65 Å². The van der Waals surface area contributed by atoms with Crippen molar-refractivity contribution in [1.29, 1.82) is 0 Å². The molecule has 0 bridgehead atoms. The molecule has 178 valence electrons. The van der Waals surface area contributed by atoms with Gasteiger partial charge in [0, 0.05) is 36.5 Å². The first-order valence-corrected chi connectivity index (χ1v) is 12.1.